The fraction of sp³-hybridized carbons (Fsp3) is 0.714. The maximum atomic E-state index is 11.7. The van der Waals surface area contributed by atoms with E-state index in [9.17, 15) is 9.90 Å². The molecule has 0 radical (unpaired) electrons. The van der Waals surface area contributed by atoms with E-state index < -0.39 is 6.10 Å². The first kappa shape index (κ1) is 9.99. The van der Waals surface area contributed by atoms with Crippen LogP contribution in [0.2, 0.25) is 0 Å². The first-order valence-corrected chi connectivity index (χ1v) is 4.59. The third kappa shape index (κ3) is 1.81. The summed E-state index contributed by atoms with van der Waals surface area (Å²) in [5, 5.41) is 25.3. The Kier molecular flexibility index (Phi) is 2.60. The van der Waals surface area contributed by atoms with Crippen LogP contribution in [0.25, 0.3) is 0 Å². The van der Waals surface area contributed by atoms with E-state index >= 15 is 0 Å². The van der Waals surface area contributed by atoms with Gasteiger partial charge in [0.05, 0.1) is 12.1 Å². The first-order chi connectivity index (χ1) is 7.20. The lowest BCUT2D eigenvalue weighted by atomic mass is 10.2. The van der Waals surface area contributed by atoms with Crippen molar-refractivity contribution in [2.24, 2.45) is 0 Å². The number of carbonyl (C=O) groups excluding carboxylic acids is 1. The van der Waals surface area contributed by atoms with Crippen LogP contribution >= 0.6 is 0 Å². The van der Waals surface area contributed by atoms with Crippen LogP contribution in [0.3, 0.4) is 0 Å². The van der Waals surface area contributed by atoms with E-state index in [1.165, 1.54) is 4.90 Å². The van der Waals surface area contributed by atoms with Gasteiger partial charge in [-0.1, -0.05) is 0 Å². The van der Waals surface area contributed by atoms with Gasteiger partial charge in [0, 0.05) is 20.1 Å². The Hall–Kier alpha value is -1.54. The van der Waals surface area contributed by atoms with Gasteiger partial charge in [-0.15, -0.1) is 10.2 Å². The van der Waals surface area contributed by atoms with Crippen LogP contribution in [0, 0.1) is 0 Å². The van der Waals surface area contributed by atoms with Gasteiger partial charge in [-0.05, 0) is 5.21 Å². The number of nitrogens with zero attached hydrogens (tertiary/aromatic N) is 4. The summed E-state index contributed by atoms with van der Waals surface area (Å²) in [6, 6.07) is -0.240. The van der Waals surface area contributed by atoms with Crippen LogP contribution in [0.4, 0.5) is 0 Å². The van der Waals surface area contributed by atoms with E-state index in [1.54, 1.807) is 7.05 Å². The van der Waals surface area contributed by atoms with E-state index in [2.05, 4.69) is 25.9 Å². The molecule has 2 atom stereocenters. The molecule has 1 saturated heterocycles. The molecular formula is C7H12N6O2. The first-order valence-electron chi connectivity index (χ1n) is 4.59. The molecule has 82 valence electrons. The lowest BCUT2D eigenvalue weighted by Gasteiger charge is -2.24. The zero-order chi connectivity index (χ0) is 10.8. The number of likely N-dealkylation sites (N-methyl/N-ethyl adjacent to an activating group) is 1. The van der Waals surface area contributed by atoms with Crippen molar-refractivity contribution in [2.75, 3.05) is 20.1 Å². The summed E-state index contributed by atoms with van der Waals surface area (Å²) in [6.07, 6.45) is -0.550. The van der Waals surface area contributed by atoms with Crippen molar-refractivity contribution in [2.45, 2.75) is 12.1 Å². The number of hydrogen-bond donors (Lipinski definition) is 3. The van der Waals surface area contributed by atoms with Crippen LogP contribution in [0.1, 0.15) is 10.6 Å². The third-order valence-corrected chi connectivity index (χ3v) is 2.51. The van der Waals surface area contributed by atoms with Crippen LogP contribution < -0.4 is 5.32 Å². The molecule has 8 nitrogen and oxygen atoms in total. The summed E-state index contributed by atoms with van der Waals surface area (Å²) in [7, 11) is 1.61. The fourth-order valence-corrected chi connectivity index (χ4v) is 1.61. The molecule has 8 heteroatoms. The topological polar surface area (TPSA) is 107 Å². The second-order valence-corrected chi connectivity index (χ2v) is 3.44. The molecule has 0 aromatic carbocycles. The molecule has 0 bridgehead atoms. The molecule has 1 fully saturated rings. The second-order valence-electron chi connectivity index (χ2n) is 3.44. The van der Waals surface area contributed by atoms with E-state index in [0.29, 0.717) is 13.1 Å². The van der Waals surface area contributed by atoms with E-state index in [0.717, 1.165) is 0 Å². The molecule has 0 spiro atoms. The minimum atomic E-state index is -0.550. The highest BCUT2D eigenvalue weighted by atomic mass is 16.3. The highest BCUT2D eigenvalue weighted by molar-refractivity contribution is 5.90. The summed E-state index contributed by atoms with van der Waals surface area (Å²) in [4.78, 5) is 13.2. The number of tetrazole rings is 1. The number of aromatic amines is 1. The van der Waals surface area contributed by atoms with Crippen molar-refractivity contribution in [1.29, 1.82) is 0 Å². The summed E-state index contributed by atoms with van der Waals surface area (Å²) in [6.45, 7) is 1.07. The Balaban J connectivity index is 2.07. The summed E-state index contributed by atoms with van der Waals surface area (Å²) < 4.78 is 0. The molecule has 1 aromatic rings. The van der Waals surface area contributed by atoms with Gasteiger partial charge in [0.2, 0.25) is 0 Å². The SMILES string of the molecule is CN(C(=O)c1nn[nH]n1)[C@H]1CNC[C@@H]1O. The normalized spacial score (nSPS) is 25.5. The molecule has 1 aliphatic heterocycles. The smallest absolute Gasteiger partial charge is 0.295 e. The van der Waals surface area contributed by atoms with Crippen molar-refractivity contribution >= 4 is 5.91 Å². The maximum absolute atomic E-state index is 11.7. The minimum Gasteiger partial charge on any atom is -0.390 e. The van der Waals surface area contributed by atoms with E-state index in [1.807, 2.05) is 0 Å². The molecule has 0 aliphatic carbocycles. The van der Waals surface area contributed by atoms with Crippen LogP contribution in [-0.4, -0.2) is 68.8 Å². The van der Waals surface area contributed by atoms with Crippen molar-refractivity contribution in [1.82, 2.24) is 30.8 Å². The predicted octanol–water partition coefficient (Wildman–Crippen LogP) is -2.40. The lowest BCUT2D eigenvalue weighted by molar-refractivity contribution is 0.0570. The summed E-state index contributed by atoms with van der Waals surface area (Å²) >= 11 is 0. The van der Waals surface area contributed by atoms with E-state index in [-0.39, 0.29) is 17.8 Å². The van der Waals surface area contributed by atoms with Gasteiger partial charge in [0.25, 0.3) is 11.7 Å². The van der Waals surface area contributed by atoms with Gasteiger partial charge in [-0.2, -0.15) is 5.21 Å². The number of amides is 1. The summed E-state index contributed by atoms with van der Waals surface area (Å²) in [5.74, 6) is -0.340. The Morgan fingerprint density at radius 1 is 1.60 bits per heavy atom. The Labute approximate surface area is 85.7 Å². The maximum Gasteiger partial charge on any atom is 0.295 e. The highest BCUT2D eigenvalue weighted by Crippen LogP contribution is 2.09. The lowest BCUT2D eigenvalue weighted by Crippen LogP contribution is -2.44. The van der Waals surface area contributed by atoms with Gasteiger partial charge < -0.3 is 15.3 Å². The van der Waals surface area contributed by atoms with Crippen LogP contribution in [-0.2, 0) is 0 Å². The molecule has 0 saturated carbocycles. The number of H-pyrrole nitrogens is 1. The van der Waals surface area contributed by atoms with Crippen LogP contribution in [0.15, 0.2) is 0 Å². The van der Waals surface area contributed by atoms with Crippen LogP contribution in [0.5, 0.6) is 0 Å². The standard InChI is InChI=1S/C7H12N6O2/c1-13(4-2-8-3-5(4)14)7(15)6-9-11-12-10-6/h4-5,8,14H,2-3H2,1H3,(H,9,10,11,12)/t4-,5-/m0/s1. The van der Waals surface area contributed by atoms with Gasteiger partial charge in [-0.3, -0.25) is 4.79 Å². The molecular weight excluding hydrogens is 200 g/mol. The molecule has 1 aromatic heterocycles. The zero-order valence-corrected chi connectivity index (χ0v) is 8.21. The van der Waals surface area contributed by atoms with Gasteiger partial charge in [0.1, 0.15) is 0 Å². The number of nitrogens with one attached hydrogen (secondary N) is 2. The van der Waals surface area contributed by atoms with Crippen molar-refractivity contribution < 1.29 is 9.90 Å². The predicted molar refractivity (Wildman–Crippen MR) is 48.9 cm³/mol. The van der Waals surface area contributed by atoms with Gasteiger partial charge >= 0.3 is 0 Å². The number of aromatic nitrogens is 4. The number of aliphatic hydroxyl groups excluding tert-OH is 1. The van der Waals surface area contributed by atoms with E-state index in [4.69, 9.17) is 0 Å². The molecule has 15 heavy (non-hydrogen) atoms. The average molecular weight is 212 g/mol. The third-order valence-electron chi connectivity index (χ3n) is 2.51. The molecule has 0 unspecified atom stereocenters. The number of rotatable bonds is 2. The van der Waals surface area contributed by atoms with Gasteiger partial charge in [0.15, 0.2) is 0 Å². The molecule has 2 heterocycles. The average Bonchev–Trinajstić information content (AvgIpc) is 2.85. The molecule has 1 aliphatic rings. The quantitative estimate of drug-likeness (QED) is 0.504. The zero-order valence-electron chi connectivity index (χ0n) is 8.21. The molecule has 3 N–H and O–H groups in total. The largest absolute Gasteiger partial charge is 0.390 e. The second kappa shape index (κ2) is 3.91. The summed E-state index contributed by atoms with van der Waals surface area (Å²) in [5.41, 5.74) is 0. The number of carbonyl (C=O) groups is 1. The number of β-amino-alcohol motifs (C(OH)–C–C–N with tert-alkyl or cyclic N) is 1. The van der Waals surface area contributed by atoms with Crippen molar-refractivity contribution in [3.63, 3.8) is 0 Å². The Bertz CT molecular complexity index is 339. The Morgan fingerprint density at radius 2 is 2.40 bits per heavy atom. The molecule has 2 rings (SSSR count). The minimum absolute atomic E-state index is 0.0107. The number of hydrogen-bond acceptors (Lipinski definition) is 6. The fourth-order valence-electron chi connectivity index (χ4n) is 1.61. The highest BCUT2D eigenvalue weighted by Gasteiger charge is 2.32. The molecule has 1 amide bonds. The monoisotopic (exact) mass is 212 g/mol. The number of aliphatic hydroxyl groups is 1. The van der Waals surface area contributed by atoms with Gasteiger partial charge in [-0.25, -0.2) is 0 Å². The van der Waals surface area contributed by atoms with Crippen molar-refractivity contribution in [3.05, 3.63) is 5.82 Å². The van der Waals surface area contributed by atoms with Crippen molar-refractivity contribution in [3.8, 4) is 0 Å². The Morgan fingerprint density at radius 3 is 2.93 bits per heavy atom.